The molecule has 3 rings (SSSR count). The Hall–Kier alpha value is -2.86. The maximum atomic E-state index is 12.8. The highest BCUT2D eigenvalue weighted by atomic mass is 16.7. The van der Waals surface area contributed by atoms with E-state index in [-0.39, 0.29) is 30.1 Å². The molecule has 1 aliphatic rings. The molecule has 0 aromatic heterocycles. The number of benzene rings is 2. The fraction of sp³-hybridized carbons (Fsp3) is 0.417. The maximum Gasteiger partial charge on any atom is 0.233 e. The molecule has 1 saturated heterocycles. The van der Waals surface area contributed by atoms with Gasteiger partial charge in [0, 0.05) is 6.54 Å². The van der Waals surface area contributed by atoms with Crippen molar-refractivity contribution in [3.63, 3.8) is 0 Å². The number of phenols is 1. The number of carbonyl (C=O) groups is 2. The van der Waals surface area contributed by atoms with Crippen molar-refractivity contribution >= 4 is 12.3 Å². The zero-order valence-corrected chi connectivity index (χ0v) is 17.4. The van der Waals surface area contributed by atoms with Gasteiger partial charge in [-0.25, -0.2) is 5.06 Å². The van der Waals surface area contributed by atoms with Crippen molar-refractivity contribution in [2.24, 2.45) is 11.8 Å². The summed E-state index contributed by atoms with van der Waals surface area (Å²) in [6.07, 6.45) is 4.17. The van der Waals surface area contributed by atoms with Crippen LogP contribution in [0.15, 0.2) is 54.6 Å². The number of rotatable bonds is 11. The van der Waals surface area contributed by atoms with E-state index in [4.69, 9.17) is 4.84 Å². The van der Waals surface area contributed by atoms with Crippen LogP contribution in [0.1, 0.15) is 37.3 Å². The van der Waals surface area contributed by atoms with Gasteiger partial charge >= 0.3 is 0 Å². The van der Waals surface area contributed by atoms with Crippen molar-refractivity contribution in [2.75, 3.05) is 6.54 Å². The third kappa shape index (κ3) is 5.60. The number of amides is 2. The van der Waals surface area contributed by atoms with Crippen LogP contribution in [-0.4, -0.2) is 35.1 Å². The summed E-state index contributed by atoms with van der Waals surface area (Å²) >= 11 is 0. The minimum atomic E-state index is -0.430. The van der Waals surface area contributed by atoms with Gasteiger partial charge in [0.25, 0.3) is 0 Å². The quantitative estimate of drug-likeness (QED) is 0.439. The molecule has 3 atom stereocenters. The molecule has 160 valence electrons. The zero-order valence-electron chi connectivity index (χ0n) is 17.4. The molecular formula is C24H30N2O4. The lowest BCUT2D eigenvalue weighted by atomic mass is 9.82. The van der Waals surface area contributed by atoms with E-state index in [1.165, 1.54) is 5.06 Å². The first-order valence-corrected chi connectivity index (χ1v) is 10.6. The lowest BCUT2D eigenvalue weighted by Crippen LogP contribution is -2.46. The van der Waals surface area contributed by atoms with Gasteiger partial charge in [0.15, 0.2) is 0 Å². The number of phenolic OH excluding ortho intramolecular Hbond substituents is 1. The lowest BCUT2D eigenvalue weighted by molar-refractivity contribution is -0.200. The van der Waals surface area contributed by atoms with E-state index in [0.717, 1.165) is 30.4 Å². The minimum absolute atomic E-state index is 0.0324. The van der Waals surface area contributed by atoms with Gasteiger partial charge in [-0.15, -0.1) is 0 Å². The first kappa shape index (κ1) is 21.8. The summed E-state index contributed by atoms with van der Waals surface area (Å²) in [6.45, 7) is 3.01. The molecule has 1 aliphatic heterocycles. The third-order valence-electron chi connectivity index (χ3n) is 5.73. The molecule has 0 radical (unpaired) electrons. The Kier molecular flexibility index (Phi) is 7.85. The first-order valence-electron chi connectivity index (χ1n) is 10.6. The number of aromatic hydroxyl groups is 1. The molecule has 1 fully saturated rings. The van der Waals surface area contributed by atoms with Crippen LogP contribution >= 0.6 is 0 Å². The summed E-state index contributed by atoms with van der Waals surface area (Å²) in [5, 5.41) is 13.9. The first-order chi connectivity index (χ1) is 14.6. The van der Waals surface area contributed by atoms with Crippen LogP contribution in [-0.2, 0) is 27.5 Å². The average molecular weight is 411 g/mol. The Morgan fingerprint density at radius 1 is 1.17 bits per heavy atom. The predicted molar refractivity (Wildman–Crippen MR) is 114 cm³/mol. The van der Waals surface area contributed by atoms with Gasteiger partial charge in [-0.1, -0.05) is 62.2 Å². The minimum Gasteiger partial charge on any atom is -0.508 e. The Morgan fingerprint density at radius 2 is 1.90 bits per heavy atom. The highest BCUT2D eigenvalue weighted by Crippen LogP contribution is 2.31. The average Bonchev–Trinajstić information content (AvgIpc) is 3.14. The normalized spacial score (nSPS) is 19.3. The second-order valence-electron chi connectivity index (χ2n) is 7.84. The SMILES string of the molecule is CCCCC1CNC(=O)C1C(Cc1ccc(O)cc1)N(C=O)OCc1ccccc1. The number of unbranched alkanes of at least 4 members (excludes halogenated alkanes) is 1. The van der Waals surface area contributed by atoms with E-state index < -0.39 is 6.04 Å². The molecular weight excluding hydrogens is 380 g/mol. The van der Waals surface area contributed by atoms with Crippen LogP contribution in [0, 0.1) is 11.8 Å². The molecule has 2 aromatic carbocycles. The van der Waals surface area contributed by atoms with Crippen LogP contribution < -0.4 is 5.32 Å². The summed E-state index contributed by atoms with van der Waals surface area (Å²) in [5.74, 6) is -0.0361. The number of hydroxylamine groups is 2. The van der Waals surface area contributed by atoms with Crippen molar-refractivity contribution in [1.82, 2.24) is 10.4 Å². The fourth-order valence-corrected chi connectivity index (χ4v) is 4.10. The molecule has 0 spiro atoms. The van der Waals surface area contributed by atoms with Gasteiger partial charge in [-0.05, 0) is 42.0 Å². The largest absolute Gasteiger partial charge is 0.508 e. The molecule has 0 saturated carbocycles. The number of hydrogen-bond acceptors (Lipinski definition) is 4. The van der Waals surface area contributed by atoms with Crippen LogP contribution in [0.3, 0.4) is 0 Å². The van der Waals surface area contributed by atoms with Crippen LogP contribution in [0.2, 0.25) is 0 Å². The van der Waals surface area contributed by atoms with Crippen LogP contribution in [0.25, 0.3) is 0 Å². The summed E-state index contributed by atoms with van der Waals surface area (Å²) in [6, 6.07) is 16.1. The van der Waals surface area contributed by atoms with E-state index in [1.807, 2.05) is 42.5 Å². The number of hydrogen-bond donors (Lipinski definition) is 2. The van der Waals surface area contributed by atoms with Crippen molar-refractivity contribution in [1.29, 1.82) is 0 Å². The van der Waals surface area contributed by atoms with Crippen molar-refractivity contribution in [2.45, 2.75) is 45.3 Å². The molecule has 6 nitrogen and oxygen atoms in total. The third-order valence-corrected chi connectivity index (χ3v) is 5.73. The van der Waals surface area contributed by atoms with E-state index in [0.29, 0.717) is 19.4 Å². The maximum absolute atomic E-state index is 12.8. The van der Waals surface area contributed by atoms with E-state index in [2.05, 4.69) is 12.2 Å². The lowest BCUT2D eigenvalue weighted by Gasteiger charge is -2.33. The van der Waals surface area contributed by atoms with E-state index in [1.54, 1.807) is 12.1 Å². The van der Waals surface area contributed by atoms with Gasteiger partial charge < -0.3 is 10.4 Å². The van der Waals surface area contributed by atoms with Gasteiger partial charge in [-0.3, -0.25) is 14.4 Å². The topological polar surface area (TPSA) is 78.9 Å². The van der Waals surface area contributed by atoms with Crippen molar-refractivity contribution < 1.29 is 19.5 Å². The molecule has 6 heteroatoms. The smallest absolute Gasteiger partial charge is 0.233 e. The molecule has 30 heavy (non-hydrogen) atoms. The van der Waals surface area contributed by atoms with E-state index >= 15 is 0 Å². The van der Waals surface area contributed by atoms with Crippen molar-refractivity contribution in [3.05, 3.63) is 65.7 Å². The molecule has 1 heterocycles. The Balaban J connectivity index is 1.83. The van der Waals surface area contributed by atoms with Gasteiger partial charge in [-0.2, -0.15) is 0 Å². The Bertz CT molecular complexity index is 810. The summed E-state index contributed by atoms with van der Waals surface area (Å²) in [5.41, 5.74) is 1.88. The standard InChI is InChI=1S/C24H30N2O4/c1-2-3-9-20-15-25-24(29)23(20)22(14-18-10-12-21(28)13-11-18)26(17-27)30-16-19-7-5-4-6-8-19/h4-8,10-13,17,20,22-23,28H,2-3,9,14-16H2,1H3,(H,25,29). The molecule has 3 unspecified atom stereocenters. The molecule has 2 amide bonds. The number of carbonyl (C=O) groups excluding carboxylic acids is 2. The van der Waals surface area contributed by atoms with Gasteiger partial charge in [0.05, 0.1) is 12.0 Å². The Labute approximate surface area is 177 Å². The second kappa shape index (κ2) is 10.8. The van der Waals surface area contributed by atoms with Crippen LogP contribution in [0.4, 0.5) is 0 Å². The summed E-state index contributed by atoms with van der Waals surface area (Å²) < 4.78 is 0. The molecule has 2 aromatic rings. The van der Waals surface area contributed by atoms with E-state index in [9.17, 15) is 14.7 Å². The predicted octanol–water partition coefficient (Wildman–Crippen LogP) is 3.45. The second-order valence-corrected chi connectivity index (χ2v) is 7.84. The highest BCUT2D eigenvalue weighted by Gasteiger charge is 2.43. The van der Waals surface area contributed by atoms with Gasteiger partial charge in [0.1, 0.15) is 12.4 Å². The molecule has 0 aliphatic carbocycles. The molecule has 0 bridgehead atoms. The highest BCUT2D eigenvalue weighted by molar-refractivity contribution is 5.82. The van der Waals surface area contributed by atoms with Crippen molar-refractivity contribution in [3.8, 4) is 5.75 Å². The summed E-state index contributed by atoms with van der Waals surface area (Å²) in [7, 11) is 0. The molecule has 2 N–H and O–H groups in total. The monoisotopic (exact) mass is 410 g/mol. The van der Waals surface area contributed by atoms with Crippen LogP contribution in [0.5, 0.6) is 5.75 Å². The number of nitrogens with one attached hydrogen (secondary N) is 1. The Morgan fingerprint density at radius 3 is 2.57 bits per heavy atom. The zero-order chi connectivity index (χ0) is 21.3. The van der Waals surface area contributed by atoms with Gasteiger partial charge in [0.2, 0.25) is 12.3 Å². The fourth-order valence-electron chi connectivity index (χ4n) is 4.10. The summed E-state index contributed by atoms with van der Waals surface area (Å²) in [4.78, 5) is 30.7. The number of nitrogens with zero attached hydrogens (tertiary/aromatic N) is 1.